The summed E-state index contributed by atoms with van der Waals surface area (Å²) in [6, 6.07) is 10.0. The monoisotopic (exact) mass is 332 g/mol. The van der Waals surface area contributed by atoms with E-state index in [4.69, 9.17) is 4.74 Å². The molecule has 0 aliphatic rings. The quantitative estimate of drug-likeness (QED) is 0.510. The zero-order valence-electron chi connectivity index (χ0n) is 13.0. The summed E-state index contributed by atoms with van der Waals surface area (Å²) in [7, 11) is 1.44. The molecule has 0 heterocycles. The molecule has 0 fully saturated rings. The summed E-state index contributed by atoms with van der Waals surface area (Å²) in [5.74, 6) is -0.152. The molecule has 2 aromatic rings. The average Bonchev–Trinajstić information content (AvgIpc) is 2.55. The smallest absolute Gasteiger partial charge is 0.285 e. The van der Waals surface area contributed by atoms with E-state index in [1.54, 1.807) is 12.1 Å². The summed E-state index contributed by atoms with van der Waals surface area (Å²) >= 11 is 1.35. The van der Waals surface area contributed by atoms with Crippen LogP contribution in [0.5, 0.6) is 5.75 Å². The molecule has 7 heteroatoms. The van der Waals surface area contributed by atoms with Crippen molar-refractivity contribution in [3.05, 3.63) is 57.6 Å². The molecular weight excluding hydrogens is 316 g/mol. The van der Waals surface area contributed by atoms with Gasteiger partial charge < -0.3 is 10.1 Å². The van der Waals surface area contributed by atoms with Crippen molar-refractivity contribution in [3.8, 4) is 5.75 Å². The second-order valence-electron chi connectivity index (χ2n) is 4.75. The zero-order chi connectivity index (χ0) is 17.0. The van der Waals surface area contributed by atoms with Gasteiger partial charge in [-0.25, -0.2) is 0 Å². The number of amides is 1. The first-order valence-corrected chi connectivity index (χ1v) is 7.97. The first-order chi connectivity index (χ1) is 11.0. The minimum Gasteiger partial charge on any atom is -0.495 e. The van der Waals surface area contributed by atoms with E-state index in [9.17, 15) is 14.9 Å². The Hall–Kier alpha value is -2.54. The van der Waals surface area contributed by atoms with Crippen LogP contribution in [0.15, 0.2) is 41.3 Å². The minimum atomic E-state index is -0.584. The number of para-hydroxylation sites is 1. The van der Waals surface area contributed by atoms with Crippen LogP contribution in [-0.2, 0) is 0 Å². The van der Waals surface area contributed by atoms with Crippen molar-refractivity contribution in [1.29, 1.82) is 0 Å². The lowest BCUT2D eigenvalue weighted by Gasteiger charge is -2.11. The van der Waals surface area contributed by atoms with Crippen molar-refractivity contribution in [2.24, 2.45) is 0 Å². The molecule has 0 unspecified atom stereocenters. The standard InChI is InChI=1S/C16H16N2O4S/c1-10-6-4-5-7-12(10)17-16(19)11-8-15(23-3)14(22-2)9-13(11)18(20)21/h4-9H,1-3H3,(H,17,19). The molecule has 2 aromatic carbocycles. The first kappa shape index (κ1) is 16.8. The maximum Gasteiger partial charge on any atom is 0.285 e. The van der Waals surface area contributed by atoms with Crippen LogP contribution < -0.4 is 10.1 Å². The number of thioether (sulfide) groups is 1. The van der Waals surface area contributed by atoms with Gasteiger partial charge in [-0.2, -0.15) is 0 Å². The SMILES string of the molecule is COc1cc([N+](=O)[O-])c(C(=O)Nc2ccccc2C)cc1SC. The Morgan fingerprint density at radius 2 is 2.00 bits per heavy atom. The fraction of sp³-hybridized carbons (Fsp3) is 0.188. The molecule has 0 saturated heterocycles. The summed E-state index contributed by atoms with van der Waals surface area (Å²) in [5.41, 5.74) is 1.21. The Balaban J connectivity index is 2.46. The number of anilines is 1. The molecule has 0 aliphatic carbocycles. The first-order valence-electron chi connectivity index (χ1n) is 6.75. The third kappa shape index (κ3) is 3.62. The van der Waals surface area contributed by atoms with Gasteiger partial charge in [0.05, 0.1) is 23.0 Å². The molecule has 0 aromatic heterocycles. The van der Waals surface area contributed by atoms with Crippen molar-refractivity contribution in [2.45, 2.75) is 11.8 Å². The van der Waals surface area contributed by atoms with Crippen LogP contribution in [0.4, 0.5) is 11.4 Å². The third-order valence-electron chi connectivity index (χ3n) is 3.34. The van der Waals surface area contributed by atoms with E-state index in [0.29, 0.717) is 16.3 Å². The lowest BCUT2D eigenvalue weighted by atomic mass is 10.1. The summed E-state index contributed by atoms with van der Waals surface area (Å²) in [6.07, 6.45) is 1.81. The van der Waals surface area contributed by atoms with Gasteiger partial charge in [-0.3, -0.25) is 14.9 Å². The summed E-state index contributed by atoms with van der Waals surface area (Å²) < 4.78 is 5.14. The number of hydrogen-bond donors (Lipinski definition) is 1. The van der Waals surface area contributed by atoms with Crippen LogP contribution in [0.1, 0.15) is 15.9 Å². The van der Waals surface area contributed by atoms with E-state index < -0.39 is 10.8 Å². The molecule has 1 amide bonds. The van der Waals surface area contributed by atoms with E-state index >= 15 is 0 Å². The van der Waals surface area contributed by atoms with Gasteiger partial charge in [0.1, 0.15) is 11.3 Å². The van der Waals surface area contributed by atoms with Crippen LogP contribution in [0.2, 0.25) is 0 Å². The number of carbonyl (C=O) groups is 1. The van der Waals surface area contributed by atoms with E-state index in [0.717, 1.165) is 5.56 Å². The summed E-state index contributed by atoms with van der Waals surface area (Å²) in [5, 5.41) is 14.0. The Morgan fingerprint density at radius 3 is 2.57 bits per heavy atom. The van der Waals surface area contributed by atoms with Crippen molar-refractivity contribution in [1.82, 2.24) is 0 Å². The number of ether oxygens (including phenoxy) is 1. The number of nitrogens with zero attached hydrogens (tertiary/aromatic N) is 1. The van der Waals surface area contributed by atoms with Crippen LogP contribution in [-0.4, -0.2) is 24.2 Å². The molecule has 0 radical (unpaired) electrons. The van der Waals surface area contributed by atoms with Gasteiger partial charge in [0.2, 0.25) is 0 Å². The van der Waals surface area contributed by atoms with Crippen LogP contribution >= 0.6 is 11.8 Å². The maximum absolute atomic E-state index is 12.5. The van der Waals surface area contributed by atoms with Crippen molar-refractivity contribution in [3.63, 3.8) is 0 Å². The number of nitro groups is 1. The van der Waals surface area contributed by atoms with Crippen LogP contribution in [0.3, 0.4) is 0 Å². The number of carbonyl (C=O) groups excluding carboxylic acids is 1. The number of methoxy groups -OCH3 is 1. The summed E-state index contributed by atoms with van der Waals surface area (Å²) in [6.45, 7) is 1.85. The van der Waals surface area contributed by atoms with Gasteiger partial charge in [-0.15, -0.1) is 11.8 Å². The maximum atomic E-state index is 12.5. The molecule has 0 bridgehead atoms. The molecule has 0 spiro atoms. The van der Waals surface area contributed by atoms with E-state index in [2.05, 4.69) is 5.32 Å². The van der Waals surface area contributed by atoms with Gasteiger partial charge in [0.25, 0.3) is 11.6 Å². The predicted octanol–water partition coefficient (Wildman–Crippen LogP) is 3.89. The van der Waals surface area contributed by atoms with Crippen molar-refractivity contribution >= 4 is 29.0 Å². The lowest BCUT2D eigenvalue weighted by Crippen LogP contribution is -2.15. The Bertz CT molecular complexity index is 762. The molecule has 0 saturated carbocycles. The largest absolute Gasteiger partial charge is 0.495 e. The van der Waals surface area contributed by atoms with Gasteiger partial charge in [-0.05, 0) is 30.9 Å². The zero-order valence-corrected chi connectivity index (χ0v) is 13.8. The van der Waals surface area contributed by atoms with E-state index in [-0.39, 0.29) is 11.3 Å². The molecule has 120 valence electrons. The Labute approximate surface area is 138 Å². The molecule has 23 heavy (non-hydrogen) atoms. The predicted molar refractivity (Wildman–Crippen MR) is 90.6 cm³/mol. The number of nitro benzene ring substituents is 1. The fourth-order valence-corrected chi connectivity index (χ4v) is 2.68. The topological polar surface area (TPSA) is 81.5 Å². The average molecular weight is 332 g/mol. The van der Waals surface area contributed by atoms with Crippen LogP contribution in [0.25, 0.3) is 0 Å². The van der Waals surface area contributed by atoms with Gasteiger partial charge in [-0.1, -0.05) is 18.2 Å². The number of benzene rings is 2. The highest BCUT2D eigenvalue weighted by Crippen LogP contribution is 2.34. The molecule has 0 atom stereocenters. The highest BCUT2D eigenvalue weighted by atomic mass is 32.2. The number of aryl methyl sites for hydroxylation is 1. The molecule has 0 aliphatic heterocycles. The van der Waals surface area contributed by atoms with Crippen LogP contribution in [0, 0.1) is 17.0 Å². The van der Waals surface area contributed by atoms with Gasteiger partial charge in [0, 0.05) is 5.69 Å². The number of rotatable bonds is 5. The molecule has 1 N–H and O–H groups in total. The molecular formula is C16H16N2O4S. The third-order valence-corrected chi connectivity index (χ3v) is 4.10. The van der Waals surface area contributed by atoms with E-state index in [1.165, 1.54) is 31.0 Å². The van der Waals surface area contributed by atoms with Gasteiger partial charge in [0.15, 0.2) is 0 Å². The van der Waals surface area contributed by atoms with E-state index in [1.807, 2.05) is 25.3 Å². The highest BCUT2D eigenvalue weighted by molar-refractivity contribution is 7.98. The highest BCUT2D eigenvalue weighted by Gasteiger charge is 2.24. The second kappa shape index (κ2) is 7.15. The van der Waals surface area contributed by atoms with Crippen molar-refractivity contribution in [2.75, 3.05) is 18.7 Å². The molecule has 6 nitrogen and oxygen atoms in total. The van der Waals surface area contributed by atoms with Gasteiger partial charge >= 0.3 is 0 Å². The number of nitrogens with one attached hydrogen (secondary N) is 1. The van der Waals surface area contributed by atoms with Crippen molar-refractivity contribution < 1.29 is 14.5 Å². The molecule has 2 rings (SSSR count). The Morgan fingerprint density at radius 1 is 1.30 bits per heavy atom. The Kier molecular flexibility index (Phi) is 5.23. The summed E-state index contributed by atoms with van der Waals surface area (Å²) in [4.78, 5) is 23.8. The normalized spacial score (nSPS) is 10.2. The minimum absolute atomic E-state index is 0.00315. The fourth-order valence-electron chi connectivity index (χ4n) is 2.10. The second-order valence-corrected chi connectivity index (χ2v) is 5.60. The number of hydrogen-bond acceptors (Lipinski definition) is 5. The lowest BCUT2D eigenvalue weighted by molar-refractivity contribution is -0.385.